The van der Waals surface area contributed by atoms with Gasteiger partial charge in [0.25, 0.3) is 5.69 Å². The largest absolute Gasteiger partial charge is 0.388 e. The summed E-state index contributed by atoms with van der Waals surface area (Å²) in [5.74, 6) is 0. The highest BCUT2D eigenvalue weighted by Gasteiger charge is 2.22. The summed E-state index contributed by atoms with van der Waals surface area (Å²) < 4.78 is 0.607. The molecular formula is C13H13NO3S2. The average molecular weight is 295 g/mol. The zero-order valence-electron chi connectivity index (χ0n) is 10.5. The van der Waals surface area contributed by atoms with E-state index >= 15 is 0 Å². The lowest BCUT2D eigenvalue weighted by atomic mass is 10.2. The van der Waals surface area contributed by atoms with E-state index in [0.29, 0.717) is 9.09 Å². The molecule has 0 fully saturated rings. The summed E-state index contributed by atoms with van der Waals surface area (Å²) >= 11 is 2.64. The molecule has 1 heterocycles. The molecule has 0 aliphatic rings. The number of aliphatic hydroxyl groups excluding tert-OH is 1. The third-order valence-electron chi connectivity index (χ3n) is 2.60. The second kappa shape index (κ2) is 5.73. The van der Waals surface area contributed by atoms with Crippen LogP contribution in [0.1, 0.15) is 23.5 Å². The number of thiophene rings is 1. The first-order chi connectivity index (χ1) is 8.99. The Bertz CT molecular complexity index is 608. The van der Waals surface area contributed by atoms with Crippen LogP contribution in [0, 0.1) is 17.0 Å². The van der Waals surface area contributed by atoms with E-state index in [1.807, 2.05) is 31.2 Å². The Balaban J connectivity index is 2.39. The van der Waals surface area contributed by atoms with Gasteiger partial charge in [-0.2, -0.15) is 0 Å². The van der Waals surface area contributed by atoms with Crippen molar-refractivity contribution >= 4 is 28.8 Å². The molecule has 1 atom stereocenters. The van der Waals surface area contributed by atoms with Crippen molar-refractivity contribution in [2.75, 3.05) is 0 Å². The first-order valence-electron chi connectivity index (χ1n) is 5.68. The molecular weight excluding hydrogens is 282 g/mol. The van der Waals surface area contributed by atoms with Gasteiger partial charge in [-0.3, -0.25) is 10.1 Å². The minimum atomic E-state index is -0.685. The number of aliphatic hydroxyl groups is 1. The summed E-state index contributed by atoms with van der Waals surface area (Å²) in [7, 11) is 0. The fourth-order valence-electron chi connectivity index (χ4n) is 1.56. The van der Waals surface area contributed by atoms with Crippen LogP contribution in [0.4, 0.5) is 5.69 Å². The fourth-order valence-corrected chi connectivity index (χ4v) is 3.89. The molecule has 0 aliphatic carbocycles. The monoisotopic (exact) mass is 295 g/mol. The van der Waals surface area contributed by atoms with Gasteiger partial charge in [0.05, 0.1) is 11.0 Å². The van der Waals surface area contributed by atoms with Crippen LogP contribution in [0.3, 0.4) is 0 Å². The minimum Gasteiger partial charge on any atom is -0.388 e. The van der Waals surface area contributed by atoms with Gasteiger partial charge in [0.15, 0.2) is 0 Å². The molecule has 0 saturated carbocycles. The first kappa shape index (κ1) is 14.0. The zero-order chi connectivity index (χ0) is 14.0. The van der Waals surface area contributed by atoms with Crippen molar-refractivity contribution < 1.29 is 10.0 Å². The molecule has 2 aromatic rings. The van der Waals surface area contributed by atoms with Crippen LogP contribution in [-0.2, 0) is 0 Å². The predicted molar refractivity (Wildman–Crippen MR) is 76.9 cm³/mol. The Kier molecular flexibility index (Phi) is 4.24. The van der Waals surface area contributed by atoms with E-state index in [-0.39, 0.29) is 5.69 Å². The lowest BCUT2D eigenvalue weighted by molar-refractivity contribution is -0.387. The van der Waals surface area contributed by atoms with Gasteiger partial charge in [0.1, 0.15) is 4.21 Å². The van der Waals surface area contributed by atoms with Crippen LogP contribution in [0.25, 0.3) is 0 Å². The highest BCUT2D eigenvalue weighted by molar-refractivity contribution is 8.01. The third kappa shape index (κ3) is 3.15. The summed E-state index contributed by atoms with van der Waals surface area (Å²) in [6, 6.07) is 9.20. The Labute approximate surface area is 119 Å². The number of aryl methyl sites for hydroxylation is 1. The maximum atomic E-state index is 11.1. The summed E-state index contributed by atoms with van der Waals surface area (Å²) in [5.41, 5.74) is 1.14. The minimum absolute atomic E-state index is 0.0640. The molecule has 6 heteroatoms. The first-order valence-corrected chi connectivity index (χ1v) is 7.32. The smallest absolute Gasteiger partial charge is 0.294 e. The van der Waals surface area contributed by atoms with Crippen molar-refractivity contribution in [1.82, 2.24) is 0 Å². The quantitative estimate of drug-likeness (QED) is 0.679. The van der Waals surface area contributed by atoms with E-state index in [1.54, 1.807) is 6.92 Å². The molecule has 2 rings (SSSR count). The number of nitrogens with zero attached hydrogens (tertiary/aromatic N) is 1. The molecule has 0 aliphatic heterocycles. The summed E-state index contributed by atoms with van der Waals surface area (Å²) in [5, 5.41) is 20.6. The van der Waals surface area contributed by atoms with Crippen LogP contribution in [0.5, 0.6) is 0 Å². The maximum absolute atomic E-state index is 11.1. The van der Waals surface area contributed by atoms with Crippen LogP contribution in [0.2, 0.25) is 0 Å². The van der Waals surface area contributed by atoms with E-state index in [2.05, 4.69) is 0 Å². The average Bonchev–Trinajstić information content (AvgIpc) is 2.76. The second-order valence-corrected chi connectivity index (χ2v) is 6.52. The van der Waals surface area contributed by atoms with E-state index in [4.69, 9.17) is 0 Å². The number of hydrogen-bond acceptors (Lipinski definition) is 5. The summed E-state index contributed by atoms with van der Waals surface area (Å²) in [6.45, 7) is 3.58. The van der Waals surface area contributed by atoms with Gasteiger partial charge in [-0.1, -0.05) is 30.0 Å². The molecule has 0 amide bonds. The Morgan fingerprint density at radius 3 is 2.68 bits per heavy atom. The van der Waals surface area contributed by atoms with Crippen molar-refractivity contribution in [3.05, 3.63) is 50.9 Å². The van der Waals surface area contributed by atoms with Crippen LogP contribution in [-0.4, -0.2) is 10.0 Å². The Morgan fingerprint density at radius 2 is 2.11 bits per heavy atom. The van der Waals surface area contributed by atoms with Crippen LogP contribution in [0.15, 0.2) is 39.4 Å². The van der Waals surface area contributed by atoms with Gasteiger partial charge >= 0.3 is 0 Å². The molecule has 100 valence electrons. The van der Waals surface area contributed by atoms with E-state index in [9.17, 15) is 15.2 Å². The molecule has 0 bridgehead atoms. The predicted octanol–water partition coefficient (Wildman–Crippen LogP) is 4.17. The highest BCUT2D eigenvalue weighted by Crippen LogP contribution is 2.43. The third-order valence-corrected chi connectivity index (χ3v) is 5.27. The lowest BCUT2D eigenvalue weighted by Crippen LogP contribution is -1.87. The molecule has 1 unspecified atom stereocenters. The van der Waals surface area contributed by atoms with Crippen LogP contribution >= 0.6 is 23.1 Å². The van der Waals surface area contributed by atoms with Gasteiger partial charge < -0.3 is 5.11 Å². The van der Waals surface area contributed by atoms with Gasteiger partial charge in [0.2, 0.25) is 0 Å². The number of hydrogen-bond donors (Lipinski definition) is 1. The van der Waals surface area contributed by atoms with Gasteiger partial charge in [0, 0.05) is 15.8 Å². The zero-order valence-corrected chi connectivity index (χ0v) is 12.1. The van der Waals surface area contributed by atoms with Crippen molar-refractivity contribution in [2.45, 2.75) is 29.1 Å². The van der Waals surface area contributed by atoms with Crippen molar-refractivity contribution in [1.29, 1.82) is 0 Å². The van der Waals surface area contributed by atoms with E-state index < -0.39 is 11.0 Å². The fraction of sp³-hybridized carbons (Fsp3) is 0.231. The molecule has 1 aromatic carbocycles. The van der Waals surface area contributed by atoms with Crippen molar-refractivity contribution in [3.8, 4) is 0 Å². The maximum Gasteiger partial charge on any atom is 0.294 e. The van der Waals surface area contributed by atoms with Crippen LogP contribution < -0.4 is 0 Å². The number of rotatable bonds is 4. The van der Waals surface area contributed by atoms with E-state index in [0.717, 1.165) is 10.5 Å². The normalized spacial score (nSPS) is 12.4. The Hall–Kier alpha value is -1.37. The molecule has 1 aromatic heterocycles. The molecule has 1 N–H and O–H groups in total. The highest BCUT2D eigenvalue weighted by atomic mass is 32.2. The van der Waals surface area contributed by atoms with Gasteiger partial charge in [-0.25, -0.2) is 0 Å². The van der Waals surface area contributed by atoms with E-state index in [1.165, 1.54) is 29.2 Å². The SMILES string of the molecule is Cc1ccccc1Sc1sc(C(C)O)cc1[N+](=O)[O-]. The molecule has 4 nitrogen and oxygen atoms in total. The van der Waals surface area contributed by atoms with Crippen molar-refractivity contribution in [2.24, 2.45) is 0 Å². The lowest BCUT2D eigenvalue weighted by Gasteiger charge is -2.02. The molecule has 0 radical (unpaired) electrons. The topological polar surface area (TPSA) is 63.4 Å². The Morgan fingerprint density at radius 1 is 1.42 bits per heavy atom. The molecule has 0 saturated heterocycles. The summed E-state index contributed by atoms with van der Waals surface area (Å²) in [6.07, 6.45) is -0.685. The van der Waals surface area contributed by atoms with Gasteiger partial charge in [-0.05, 0) is 25.5 Å². The summed E-state index contributed by atoms with van der Waals surface area (Å²) in [4.78, 5) is 12.3. The standard InChI is InChI=1S/C13H13NO3S2/c1-8-5-3-4-6-11(8)18-13-10(14(16)17)7-12(19-13)9(2)15/h3-7,9,15H,1-2H3. The number of nitro groups is 1. The number of benzene rings is 1. The molecule has 19 heavy (non-hydrogen) atoms. The van der Waals surface area contributed by atoms with Gasteiger partial charge in [-0.15, -0.1) is 11.3 Å². The van der Waals surface area contributed by atoms with Crippen molar-refractivity contribution in [3.63, 3.8) is 0 Å². The second-order valence-electron chi connectivity index (χ2n) is 4.12. The molecule has 0 spiro atoms.